The van der Waals surface area contributed by atoms with Crippen LogP contribution in [0.25, 0.3) is 11.0 Å². The number of anilines is 1. The second kappa shape index (κ2) is 11.2. The Bertz CT molecular complexity index is 906. The summed E-state index contributed by atoms with van der Waals surface area (Å²) in [6.07, 6.45) is 10.5. The van der Waals surface area contributed by atoms with Crippen LogP contribution in [0.2, 0.25) is 0 Å². The van der Waals surface area contributed by atoms with Crippen LogP contribution < -0.4 is 9.88 Å². The van der Waals surface area contributed by atoms with Gasteiger partial charge in [0.15, 0.2) is 0 Å². The van der Waals surface area contributed by atoms with Gasteiger partial charge in [-0.05, 0) is 36.8 Å². The first-order chi connectivity index (χ1) is 14.2. The summed E-state index contributed by atoms with van der Waals surface area (Å²) in [4.78, 5) is 3.50. The molecule has 0 radical (unpaired) electrons. The molecule has 1 heterocycles. The number of nitrogens with one attached hydrogen (secondary N) is 2. The minimum atomic E-state index is 0.312. The van der Waals surface area contributed by atoms with Gasteiger partial charge in [0.05, 0.1) is 13.1 Å². The summed E-state index contributed by atoms with van der Waals surface area (Å²) in [5, 5.41) is 13.6. The van der Waals surface area contributed by atoms with Gasteiger partial charge in [-0.25, -0.2) is 9.55 Å². The van der Waals surface area contributed by atoms with E-state index in [1.54, 1.807) is 6.07 Å². The lowest BCUT2D eigenvalue weighted by Crippen LogP contribution is -2.36. The predicted octanol–water partition coefficient (Wildman–Crippen LogP) is 6.68. The highest BCUT2D eigenvalue weighted by Crippen LogP contribution is 2.23. The number of hydrogen-bond acceptors (Lipinski definition) is 2. The number of para-hydroxylation sites is 2. The number of halogens is 1. The number of phenolic OH excluding ortho intramolecular Hbond substituents is 1. The average molecular weight is 459 g/mol. The SMILES string of the molecule is CCCCCCCCCC[n+]1c(NCc2cc(Br)ccc2O)[nH]c2ccccc21. The molecule has 0 aliphatic heterocycles. The van der Waals surface area contributed by atoms with Crippen LogP contribution in [-0.2, 0) is 13.1 Å². The van der Waals surface area contributed by atoms with Gasteiger partial charge < -0.3 is 5.11 Å². The van der Waals surface area contributed by atoms with Crippen molar-refractivity contribution in [2.75, 3.05) is 5.32 Å². The molecule has 0 aliphatic rings. The minimum absolute atomic E-state index is 0.312. The lowest BCUT2D eigenvalue weighted by Gasteiger charge is -2.07. The number of aromatic amines is 1. The number of benzene rings is 2. The smallest absolute Gasteiger partial charge is 0.356 e. The summed E-state index contributed by atoms with van der Waals surface area (Å²) >= 11 is 3.48. The number of aromatic nitrogens is 2. The van der Waals surface area contributed by atoms with Gasteiger partial charge in [0, 0.05) is 10.0 Å². The van der Waals surface area contributed by atoms with Gasteiger partial charge in [0.1, 0.15) is 16.8 Å². The molecule has 0 aliphatic carbocycles. The van der Waals surface area contributed by atoms with E-state index in [4.69, 9.17) is 0 Å². The summed E-state index contributed by atoms with van der Waals surface area (Å²) in [6.45, 7) is 3.82. The van der Waals surface area contributed by atoms with E-state index in [1.807, 2.05) is 12.1 Å². The molecule has 0 atom stereocenters. The van der Waals surface area contributed by atoms with Gasteiger partial charge in [0.25, 0.3) is 0 Å². The van der Waals surface area contributed by atoms with Crippen LogP contribution in [0.1, 0.15) is 63.9 Å². The van der Waals surface area contributed by atoms with Crippen molar-refractivity contribution >= 4 is 32.9 Å². The van der Waals surface area contributed by atoms with Gasteiger partial charge >= 0.3 is 5.95 Å². The van der Waals surface area contributed by atoms with Gasteiger partial charge in [-0.3, -0.25) is 5.32 Å². The van der Waals surface area contributed by atoms with Crippen molar-refractivity contribution in [3.8, 4) is 5.75 Å². The van der Waals surface area contributed by atoms with Gasteiger partial charge in [0.2, 0.25) is 0 Å². The quantitative estimate of drug-likeness (QED) is 0.209. The van der Waals surface area contributed by atoms with Crippen molar-refractivity contribution in [3.05, 3.63) is 52.5 Å². The van der Waals surface area contributed by atoms with E-state index < -0.39 is 0 Å². The Morgan fingerprint density at radius 3 is 2.48 bits per heavy atom. The van der Waals surface area contributed by atoms with Crippen molar-refractivity contribution in [3.63, 3.8) is 0 Å². The van der Waals surface area contributed by atoms with E-state index in [-0.39, 0.29) is 0 Å². The number of unbranched alkanes of at least 4 members (excludes halogenated alkanes) is 7. The number of imidazole rings is 1. The Balaban J connectivity index is 1.61. The molecule has 0 spiro atoms. The normalized spacial score (nSPS) is 11.2. The highest BCUT2D eigenvalue weighted by atomic mass is 79.9. The molecule has 0 saturated heterocycles. The molecular formula is C24H33BrN3O+. The lowest BCUT2D eigenvalue weighted by atomic mass is 10.1. The molecule has 0 bridgehead atoms. The van der Waals surface area contributed by atoms with E-state index in [1.165, 1.54) is 56.9 Å². The molecule has 29 heavy (non-hydrogen) atoms. The summed E-state index contributed by atoms with van der Waals surface area (Å²) in [6, 6.07) is 14.0. The molecule has 5 heteroatoms. The van der Waals surface area contributed by atoms with Crippen molar-refractivity contribution in [2.45, 2.75) is 71.4 Å². The number of rotatable bonds is 12. The van der Waals surface area contributed by atoms with Crippen LogP contribution in [-0.4, -0.2) is 10.1 Å². The summed E-state index contributed by atoms with van der Waals surface area (Å²) < 4.78 is 3.30. The highest BCUT2D eigenvalue weighted by Gasteiger charge is 2.17. The molecule has 3 rings (SSSR count). The summed E-state index contributed by atoms with van der Waals surface area (Å²) in [7, 11) is 0. The Morgan fingerprint density at radius 1 is 0.966 bits per heavy atom. The predicted molar refractivity (Wildman–Crippen MR) is 124 cm³/mol. The molecule has 0 unspecified atom stereocenters. The fraction of sp³-hybridized carbons (Fsp3) is 0.458. The summed E-state index contributed by atoms with van der Waals surface area (Å²) in [5.41, 5.74) is 3.22. The van der Waals surface area contributed by atoms with Crippen LogP contribution in [0.5, 0.6) is 5.75 Å². The fourth-order valence-electron chi connectivity index (χ4n) is 3.78. The Labute approximate surface area is 182 Å². The van der Waals surface area contributed by atoms with Gasteiger partial charge in [-0.2, -0.15) is 0 Å². The highest BCUT2D eigenvalue weighted by molar-refractivity contribution is 9.10. The van der Waals surface area contributed by atoms with Crippen molar-refractivity contribution in [1.82, 2.24) is 4.98 Å². The monoisotopic (exact) mass is 458 g/mol. The summed E-state index contributed by atoms with van der Waals surface area (Å²) in [5.74, 6) is 1.31. The Morgan fingerprint density at radius 2 is 1.69 bits per heavy atom. The first kappa shape index (κ1) is 21.7. The minimum Gasteiger partial charge on any atom is -0.508 e. The zero-order valence-corrected chi connectivity index (χ0v) is 19.0. The number of fused-ring (bicyclic) bond motifs is 1. The number of nitrogens with zero attached hydrogens (tertiary/aromatic N) is 1. The maximum atomic E-state index is 10.1. The van der Waals surface area contributed by atoms with Crippen LogP contribution in [0, 0.1) is 0 Å². The fourth-order valence-corrected chi connectivity index (χ4v) is 4.19. The number of aromatic hydroxyl groups is 1. The largest absolute Gasteiger partial charge is 0.508 e. The third-order valence-corrected chi connectivity index (χ3v) is 5.93. The van der Waals surface area contributed by atoms with Gasteiger partial charge in [-0.1, -0.05) is 79.9 Å². The Hall–Kier alpha value is -2.01. The van der Waals surface area contributed by atoms with Crippen LogP contribution in [0.15, 0.2) is 46.9 Å². The second-order valence-electron chi connectivity index (χ2n) is 7.74. The molecule has 2 aromatic carbocycles. The number of aryl methyl sites for hydroxylation is 1. The van der Waals surface area contributed by atoms with E-state index in [9.17, 15) is 5.11 Å². The molecule has 1 aromatic heterocycles. The van der Waals surface area contributed by atoms with E-state index in [2.05, 4.69) is 62.0 Å². The third kappa shape index (κ3) is 6.23. The van der Waals surface area contributed by atoms with Gasteiger partial charge in [-0.15, -0.1) is 0 Å². The first-order valence-corrected chi connectivity index (χ1v) is 11.7. The third-order valence-electron chi connectivity index (χ3n) is 5.44. The van der Waals surface area contributed by atoms with E-state index in [0.29, 0.717) is 12.3 Å². The Kier molecular flexibility index (Phi) is 8.41. The van der Waals surface area contributed by atoms with Crippen molar-refractivity contribution < 1.29 is 9.67 Å². The number of phenols is 1. The van der Waals surface area contributed by atoms with Crippen molar-refractivity contribution in [2.24, 2.45) is 0 Å². The molecule has 156 valence electrons. The second-order valence-corrected chi connectivity index (χ2v) is 8.66. The maximum Gasteiger partial charge on any atom is 0.356 e. The molecule has 4 nitrogen and oxygen atoms in total. The maximum absolute atomic E-state index is 10.1. The number of H-pyrrole nitrogens is 1. The zero-order chi connectivity index (χ0) is 20.5. The van der Waals surface area contributed by atoms with E-state index in [0.717, 1.165) is 28.0 Å². The lowest BCUT2D eigenvalue weighted by molar-refractivity contribution is -0.657. The topological polar surface area (TPSA) is 51.9 Å². The molecule has 3 N–H and O–H groups in total. The van der Waals surface area contributed by atoms with Crippen molar-refractivity contribution in [1.29, 1.82) is 0 Å². The standard InChI is InChI=1S/C24H32BrN3O/c1-2-3-4-5-6-7-8-11-16-28-22-13-10-9-12-21(22)27-24(28)26-18-19-17-20(25)14-15-23(19)29/h9-10,12-15,17H,2-8,11,16,18H2,1H3,(H2,26,27,29)/p+1. The molecule has 3 aromatic rings. The molecule has 0 saturated carbocycles. The van der Waals surface area contributed by atoms with Crippen LogP contribution in [0.3, 0.4) is 0 Å². The molecular weight excluding hydrogens is 426 g/mol. The number of hydrogen-bond donors (Lipinski definition) is 3. The van der Waals surface area contributed by atoms with Crippen LogP contribution >= 0.6 is 15.9 Å². The first-order valence-electron chi connectivity index (χ1n) is 10.9. The molecule has 0 fully saturated rings. The average Bonchev–Trinajstić information content (AvgIpc) is 3.08. The van der Waals surface area contributed by atoms with Crippen LogP contribution in [0.4, 0.5) is 5.95 Å². The molecule has 0 amide bonds. The van der Waals surface area contributed by atoms with E-state index >= 15 is 0 Å². The zero-order valence-electron chi connectivity index (χ0n) is 17.4.